The van der Waals surface area contributed by atoms with Gasteiger partial charge in [0.15, 0.2) is 18.1 Å². The van der Waals surface area contributed by atoms with Crippen LogP contribution in [0.5, 0.6) is 11.5 Å². The van der Waals surface area contributed by atoms with Gasteiger partial charge in [-0.1, -0.05) is 48.0 Å². The zero-order chi connectivity index (χ0) is 27.2. The molecule has 3 aromatic carbocycles. The first-order valence-corrected chi connectivity index (χ1v) is 13.6. The van der Waals surface area contributed by atoms with Crippen molar-refractivity contribution in [1.82, 2.24) is 9.66 Å². The SMILES string of the molecule is CCOc1cc(C=Nn2c(C(C)C)nc3ccc(Br)cc3c2=O)cc(Br)c1OCC(=O)Nc1ccccc1. The quantitative estimate of drug-likeness (QED) is 0.215. The maximum Gasteiger partial charge on any atom is 0.282 e. The predicted molar refractivity (Wildman–Crippen MR) is 157 cm³/mol. The summed E-state index contributed by atoms with van der Waals surface area (Å²) >= 11 is 6.94. The van der Waals surface area contributed by atoms with E-state index >= 15 is 0 Å². The van der Waals surface area contributed by atoms with Gasteiger partial charge in [0.05, 0.1) is 28.2 Å². The Morgan fingerprint density at radius 1 is 1.11 bits per heavy atom. The van der Waals surface area contributed by atoms with Crippen molar-refractivity contribution in [3.05, 3.63) is 91.4 Å². The molecule has 0 aliphatic rings. The van der Waals surface area contributed by atoms with Crippen LogP contribution >= 0.6 is 31.9 Å². The van der Waals surface area contributed by atoms with Crippen LogP contribution in [0.2, 0.25) is 0 Å². The molecular weight excluding hydrogens is 616 g/mol. The Labute approximate surface area is 236 Å². The number of hydrogen-bond donors (Lipinski definition) is 1. The summed E-state index contributed by atoms with van der Waals surface area (Å²) in [4.78, 5) is 30.3. The van der Waals surface area contributed by atoms with Gasteiger partial charge in [-0.15, -0.1) is 0 Å². The number of halogens is 2. The first kappa shape index (κ1) is 27.5. The summed E-state index contributed by atoms with van der Waals surface area (Å²) in [6.45, 7) is 5.96. The maximum absolute atomic E-state index is 13.3. The lowest BCUT2D eigenvalue weighted by atomic mass is 10.2. The molecule has 196 valence electrons. The molecule has 0 atom stereocenters. The molecule has 10 heteroatoms. The van der Waals surface area contributed by atoms with Gasteiger partial charge in [0.1, 0.15) is 5.82 Å². The van der Waals surface area contributed by atoms with E-state index < -0.39 is 0 Å². The molecule has 1 heterocycles. The highest BCUT2D eigenvalue weighted by Crippen LogP contribution is 2.36. The second-order valence-electron chi connectivity index (χ2n) is 8.61. The van der Waals surface area contributed by atoms with Crippen molar-refractivity contribution in [3.63, 3.8) is 0 Å². The van der Waals surface area contributed by atoms with Gasteiger partial charge in [0, 0.05) is 16.1 Å². The van der Waals surface area contributed by atoms with Crippen molar-refractivity contribution in [2.45, 2.75) is 26.7 Å². The van der Waals surface area contributed by atoms with Crippen LogP contribution in [0.1, 0.15) is 38.1 Å². The fourth-order valence-electron chi connectivity index (χ4n) is 3.70. The largest absolute Gasteiger partial charge is 0.490 e. The lowest BCUT2D eigenvalue weighted by Gasteiger charge is -2.15. The number of carbonyl (C=O) groups excluding carboxylic acids is 1. The number of rotatable bonds is 9. The molecule has 0 saturated carbocycles. The summed E-state index contributed by atoms with van der Waals surface area (Å²) < 4.78 is 14.3. The van der Waals surface area contributed by atoms with E-state index in [9.17, 15) is 9.59 Å². The average molecular weight is 642 g/mol. The van der Waals surface area contributed by atoms with Gasteiger partial charge in [-0.2, -0.15) is 9.78 Å². The molecule has 0 saturated heterocycles. The second kappa shape index (κ2) is 12.4. The third kappa shape index (κ3) is 6.49. The van der Waals surface area contributed by atoms with Crippen LogP contribution in [0.15, 0.2) is 79.5 Å². The van der Waals surface area contributed by atoms with Crippen molar-refractivity contribution in [2.75, 3.05) is 18.5 Å². The number of benzene rings is 3. The fourth-order valence-corrected chi connectivity index (χ4v) is 4.63. The normalized spacial score (nSPS) is 11.3. The van der Waals surface area contributed by atoms with Gasteiger partial charge in [0.2, 0.25) is 0 Å². The van der Waals surface area contributed by atoms with E-state index in [1.165, 1.54) is 4.68 Å². The molecule has 0 aliphatic carbocycles. The Kier molecular flexibility index (Phi) is 8.96. The molecule has 0 unspecified atom stereocenters. The predicted octanol–water partition coefficient (Wildman–Crippen LogP) is 6.34. The summed E-state index contributed by atoms with van der Waals surface area (Å²) in [5, 5.41) is 7.74. The van der Waals surface area contributed by atoms with Crippen LogP contribution in [0, 0.1) is 0 Å². The first-order chi connectivity index (χ1) is 18.3. The molecule has 0 bridgehead atoms. The number of nitrogens with zero attached hydrogens (tertiary/aromatic N) is 3. The van der Waals surface area contributed by atoms with Gasteiger partial charge in [-0.3, -0.25) is 9.59 Å². The van der Waals surface area contributed by atoms with E-state index in [4.69, 9.17) is 9.47 Å². The standard InChI is InChI=1S/C28H26Br2N4O4/c1-4-37-24-13-18(12-22(30)26(24)38-16-25(35)32-20-8-6-5-7-9-20)15-31-34-27(17(2)3)33-23-11-10-19(29)14-21(23)28(34)36/h5-15,17H,4,16H2,1-3H3,(H,32,35). The highest BCUT2D eigenvalue weighted by molar-refractivity contribution is 9.10. The molecule has 0 fully saturated rings. The Balaban J connectivity index is 1.62. The van der Waals surface area contributed by atoms with Crippen LogP contribution in [0.25, 0.3) is 10.9 Å². The smallest absolute Gasteiger partial charge is 0.282 e. The summed E-state index contributed by atoms with van der Waals surface area (Å²) in [7, 11) is 0. The van der Waals surface area contributed by atoms with Gasteiger partial charge in [0.25, 0.3) is 11.5 Å². The summed E-state index contributed by atoms with van der Waals surface area (Å²) in [6.07, 6.45) is 1.57. The van der Waals surface area contributed by atoms with Crippen LogP contribution < -0.4 is 20.3 Å². The molecule has 4 aromatic rings. The number of amides is 1. The average Bonchev–Trinajstić information content (AvgIpc) is 2.88. The van der Waals surface area contributed by atoms with Crippen molar-refractivity contribution in [1.29, 1.82) is 0 Å². The molecule has 0 aliphatic heterocycles. The maximum atomic E-state index is 13.3. The van der Waals surface area contributed by atoms with Crippen LogP contribution in [0.3, 0.4) is 0 Å². The van der Waals surface area contributed by atoms with E-state index in [1.807, 2.05) is 51.1 Å². The number of para-hydroxylation sites is 1. The molecule has 4 rings (SSSR count). The van der Waals surface area contributed by atoms with Gasteiger partial charge < -0.3 is 14.8 Å². The third-order valence-corrected chi connectivity index (χ3v) is 6.49. The Bertz CT molecular complexity index is 1550. The molecular formula is C28H26Br2N4O4. The van der Waals surface area contributed by atoms with Gasteiger partial charge in [-0.05, 0) is 70.9 Å². The third-order valence-electron chi connectivity index (χ3n) is 5.41. The minimum atomic E-state index is -0.299. The van der Waals surface area contributed by atoms with E-state index in [0.717, 1.165) is 4.47 Å². The molecule has 38 heavy (non-hydrogen) atoms. The topological polar surface area (TPSA) is 94.8 Å². The number of ether oxygens (including phenoxy) is 2. The van der Waals surface area contributed by atoms with Crippen LogP contribution in [-0.4, -0.2) is 35.0 Å². The molecule has 0 spiro atoms. The summed E-state index contributed by atoms with van der Waals surface area (Å²) in [5.74, 6) is 1.05. The van der Waals surface area contributed by atoms with E-state index in [-0.39, 0.29) is 24.0 Å². The van der Waals surface area contributed by atoms with Crippen LogP contribution in [-0.2, 0) is 4.79 Å². The van der Waals surface area contributed by atoms with Crippen molar-refractivity contribution in [3.8, 4) is 11.5 Å². The number of nitrogens with one attached hydrogen (secondary N) is 1. The summed E-state index contributed by atoms with van der Waals surface area (Å²) in [5.41, 5.74) is 1.71. The highest BCUT2D eigenvalue weighted by atomic mass is 79.9. The fraction of sp³-hybridized carbons (Fsp3) is 0.214. The van der Waals surface area contributed by atoms with E-state index in [0.29, 0.717) is 50.6 Å². The number of anilines is 1. The Morgan fingerprint density at radius 3 is 2.58 bits per heavy atom. The number of carbonyl (C=O) groups is 1. The van der Waals surface area contributed by atoms with Crippen molar-refractivity contribution in [2.24, 2.45) is 5.10 Å². The number of hydrogen-bond acceptors (Lipinski definition) is 6. The lowest BCUT2D eigenvalue weighted by molar-refractivity contribution is -0.118. The first-order valence-electron chi connectivity index (χ1n) is 12.0. The minimum Gasteiger partial charge on any atom is -0.490 e. The van der Waals surface area contributed by atoms with E-state index in [1.54, 1.807) is 36.5 Å². The molecule has 0 radical (unpaired) electrons. The van der Waals surface area contributed by atoms with Crippen molar-refractivity contribution >= 4 is 60.6 Å². The Hall–Kier alpha value is -3.50. The van der Waals surface area contributed by atoms with Crippen LogP contribution in [0.4, 0.5) is 5.69 Å². The second-order valence-corrected chi connectivity index (χ2v) is 10.4. The Morgan fingerprint density at radius 2 is 1.87 bits per heavy atom. The number of aromatic nitrogens is 2. The molecule has 1 amide bonds. The summed E-state index contributed by atoms with van der Waals surface area (Å²) in [6, 6.07) is 18.1. The van der Waals surface area contributed by atoms with Gasteiger partial charge in [-0.25, -0.2) is 4.98 Å². The molecule has 1 aromatic heterocycles. The zero-order valence-corrected chi connectivity index (χ0v) is 24.2. The monoisotopic (exact) mass is 640 g/mol. The van der Waals surface area contributed by atoms with E-state index in [2.05, 4.69) is 47.3 Å². The highest BCUT2D eigenvalue weighted by Gasteiger charge is 2.16. The zero-order valence-electron chi connectivity index (χ0n) is 21.1. The minimum absolute atomic E-state index is 0.0311. The lowest BCUT2D eigenvalue weighted by Crippen LogP contribution is -2.23. The number of fused-ring (bicyclic) bond motifs is 1. The molecule has 1 N–H and O–H groups in total. The van der Waals surface area contributed by atoms with Crippen molar-refractivity contribution < 1.29 is 14.3 Å². The van der Waals surface area contributed by atoms with Gasteiger partial charge >= 0.3 is 0 Å². The molecule has 8 nitrogen and oxygen atoms in total.